The number of nitrogens with two attached hydrogens (primary N) is 1. The summed E-state index contributed by atoms with van der Waals surface area (Å²) in [6, 6.07) is -0.0320. The lowest BCUT2D eigenvalue weighted by atomic mass is 10.0. The van der Waals surface area contributed by atoms with Gasteiger partial charge in [-0.25, -0.2) is 0 Å². The number of thioether (sulfide) groups is 1. The Morgan fingerprint density at radius 3 is 2.06 bits per heavy atom. The number of nitrogens with one attached hydrogen (secondary N) is 9. The van der Waals surface area contributed by atoms with Crippen molar-refractivity contribution >= 4 is 68.9 Å². The molecular formula is C42H72N10O14S3. The molecule has 24 nitrogen and oxygen atoms in total. The molecule has 2 heterocycles. The Labute approximate surface area is 413 Å². The highest BCUT2D eigenvalue weighted by Gasteiger charge is 2.36. The molecule has 69 heavy (non-hydrogen) atoms. The molecule has 27 heteroatoms. The topological polar surface area (TPSA) is 399 Å². The van der Waals surface area contributed by atoms with Gasteiger partial charge in [-0.3, -0.25) is 55.4 Å². The van der Waals surface area contributed by atoms with Gasteiger partial charge in [-0.2, -0.15) is 0 Å². The summed E-state index contributed by atoms with van der Waals surface area (Å²) >= 11 is 0.960. The fourth-order valence-corrected chi connectivity index (χ4v) is 10.7. The zero-order valence-corrected chi connectivity index (χ0v) is 41.0. The summed E-state index contributed by atoms with van der Waals surface area (Å²) in [4.78, 5) is 78.8. The van der Waals surface area contributed by atoms with Gasteiger partial charge in [0.2, 0.25) is 23.6 Å². The van der Waals surface area contributed by atoms with Gasteiger partial charge in [-0.05, 0) is 44.2 Å². The zero-order valence-electron chi connectivity index (χ0n) is 38.5. The molecule has 0 saturated carbocycles. The number of amides is 4. The molecule has 2 aliphatic rings. The Balaban J connectivity index is 2.11. The van der Waals surface area contributed by atoms with E-state index in [1.54, 1.807) is 30.3 Å². The lowest BCUT2D eigenvalue weighted by molar-refractivity contribution is -0.141. The van der Waals surface area contributed by atoms with E-state index in [4.69, 9.17) is 5.73 Å². The lowest BCUT2D eigenvalue weighted by Crippen LogP contribution is -2.63. The summed E-state index contributed by atoms with van der Waals surface area (Å²) in [5.74, 6) is -6.71. The van der Waals surface area contributed by atoms with Gasteiger partial charge in [0.1, 0.15) is 43.4 Å². The number of carbonyl (C=O) groups excluding carboxylic acids is 4. The Morgan fingerprint density at radius 1 is 0.725 bits per heavy atom. The van der Waals surface area contributed by atoms with E-state index in [0.717, 1.165) is 33.3 Å². The first-order chi connectivity index (χ1) is 32.9. The number of rotatable bonds is 17. The van der Waals surface area contributed by atoms with E-state index in [1.807, 2.05) is 6.92 Å². The van der Waals surface area contributed by atoms with Gasteiger partial charge in [0.25, 0.3) is 0 Å². The van der Waals surface area contributed by atoms with E-state index in [2.05, 4.69) is 47.9 Å². The predicted octanol–water partition coefficient (Wildman–Crippen LogP) is -4.07. The monoisotopic (exact) mass is 1040 g/mol. The molecule has 1 aromatic carbocycles. The summed E-state index contributed by atoms with van der Waals surface area (Å²) in [6.45, 7) is 1.59. The number of hydrogen-bond acceptors (Lipinski definition) is 21. The van der Waals surface area contributed by atoms with Crippen LogP contribution in [0.3, 0.4) is 0 Å². The first kappa shape index (κ1) is 59.9. The maximum Gasteiger partial charge on any atom is 0.305 e. The fourth-order valence-electron chi connectivity index (χ4n) is 7.26. The van der Waals surface area contributed by atoms with Gasteiger partial charge in [0, 0.05) is 23.3 Å². The van der Waals surface area contributed by atoms with Crippen molar-refractivity contribution in [1.29, 1.82) is 0 Å². The Hall–Kier alpha value is -3.39. The largest absolute Gasteiger partial charge is 0.481 e. The summed E-state index contributed by atoms with van der Waals surface area (Å²) in [6.07, 6.45) is -6.88. The molecule has 13 atom stereocenters. The van der Waals surface area contributed by atoms with E-state index in [1.165, 1.54) is 0 Å². The third-order valence-corrected chi connectivity index (χ3v) is 14.6. The van der Waals surface area contributed by atoms with Crippen LogP contribution in [0.4, 0.5) is 0 Å². The summed E-state index contributed by atoms with van der Waals surface area (Å²) in [7, 11) is 2.13. The van der Waals surface area contributed by atoms with Crippen molar-refractivity contribution in [1.82, 2.24) is 47.9 Å². The molecule has 0 aromatic heterocycles. The molecule has 2 fully saturated rings. The minimum absolute atomic E-state index is 0.00723. The van der Waals surface area contributed by atoms with Gasteiger partial charge in [-0.15, -0.1) is 11.8 Å². The highest BCUT2D eigenvalue weighted by Crippen LogP contribution is 2.25. The molecule has 3 rings (SSSR count). The maximum absolute atomic E-state index is 14.4. The second-order valence-corrected chi connectivity index (χ2v) is 20.5. The van der Waals surface area contributed by atoms with Crippen LogP contribution in [0.5, 0.6) is 0 Å². The Morgan fingerprint density at radius 2 is 1.39 bits per heavy atom. The fraction of sp³-hybridized carbons (Fsp3) is 0.714. The number of fused-ring (bicyclic) bond motifs is 5. The third kappa shape index (κ3) is 23.6. The number of unbranched alkanes of at least 4 members (excludes halogenated alkanes) is 3. The second kappa shape index (κ2) is 32.6. The Kier molecular flexibility index (Phi) is 28.3. The van der Waals surface area contributed by atoms with Crippen molar-refractivity contribution < 1.29 is 69.6 Å². The average Bonchev–Trinajstić information content (AvgIpc) is 3.29. The molecule has 1 aromatic rings. The summed E-state index contributed by atoms with van der Waals surface area (Å²) in [5, 5.41) is 111. The van der Waals surface area contributed by atoms with Crippen molar-refractivity contribution in [2.75, 3.05) is 36.1 Å². The van der Waals surface area contributed by atoms with Gasteiger partial charge in [0.05, 0.1) is 55.3 Å². The van der Waals surface area contributed by atoms with Gasteiger partial charge < -0.3 is 67.9 Å². The van der Waals surface area contributed by atoms with Crippen molar-refractivity contribution in [3.05, 3.63) is 35.9 Å². The molecule has 0 spiro atoms. The van der Waals surface area contributed by atoms with Crippen LogP contribution in [0.25, 0.3) is 0 Å². The molecular weight excluding hydrogens is 965 g/mol. The van der Waals surface area contributed by atoms with Crippen LogP contribution in [-0.4, -0.2) is 192 Å². The van der Waals surface area contributed by atoms with Crippen molar-refractivity contribution in [3.63, 3.8) is 0 Å². The zero-order chi connectivity index (χ0) is 50.9. The minimum atomic E-state index is -1.82. The smallest absolute Gasteiger partial charge is 0.305 e. The van der Waals surface area contributed by atoms with Gasteiger partial charge >= 0.3 is 11.9 Å². The number of carboxylic acid groups (broad SMARTS) is 2. The number of carboxylic acids is 2. The molecule has 4 amide bonds. The van der Waals surface area contributed by atoms with Crippen molar-refractivity contribution in [2.24, 2.45) is 5.73 Å². The highest BCUT2D eigenvalue weighted by molar-refractivity contribution is 8.76. The molecule has 0 unspecified atom stereocenters. The average molecular weight is 1040 g/mol. The van der Waals surface area contributed by atoms with E-state index in [0.29, 0.717) is 44.1 Å². The quantitative estimate of drug-likeness (QED) is 0.0401. The van der Waals surface area contributed by atoms with E-state index in [9.17, 15) is 69.6 Å². The van der Waals surface area contributed by atoms with Crippen LogP contribution in [0, 0.1) is 0 Å². The van der Waals surface area contributed by atoms with E-state index < -0.39 is 135 Å². The summed E-state index contributed by atoms with van der Waals surface area (Å²) in [5.41, 5.74) is 6.10. The van der Waals surface area contributed by atoms with Crippen molar-refractivity contribution in [2.45, 2.75) is 151 Å². The Bertz CT molecular complexity index is 1740. The van der Waals surface area contributed by atoms with E-state index in [-0.39, 0.29) is 42.4 Å². The van der Waals surface area contributed by atoms with Crippen LogP contribution in [0.1, 0.15) is 70.3 Å². The maximum atomic E-state index is 14.4. The number of carbonyl (C=O) groups is 6. The first-order valence-electron chi connectivity index (χ1n) is 22.9. The standard InChI is InChI=1S/C42H72N10O14S3/c1-2-3-12-24-36(60)45-18-32(54)46-26(16-34(56)57)39(63)52-30-21-69-68-20-29(41(65)48-24)51-40(64)27(17-35(58)59)47-33(55)22-67-19-28(37(61)44-14-9-5-8-13-31(43)53)50-38(62)25(49-42(30)66)15-23-10-6-4-7-11-23/h4,6-7,10-11,24-31,36-37,39,41-42,44-45,48-49,52-53,60-61,63,65-66H,2-3,5,8-9,12-22,43H2,1H3,(H,46,54)(H,47,55)(H,50,62)(H,51,64)(H,56,57)(H,58,59)/t24-,25-,26-,27-,28-,29-,30-,31+,36+,37-,39+,41-,42-/m0/s1. The predicted molar refractivity (Wildman–Crippen MR) is 260 cm³/mol. The number of aliphatic hydroxyl groups is 6. The number of hydrogen-bond donors (Lipinski definition) is 18. The molecule has 2 bridgehead atoms. The molecule has 2 saturated heterocycles. The summed E-state index contributed by atoms with van der Waals surface area (Å²) < 4.78 is 0. The molecule has 0 radical (unpaired) electrons. The lowest BCUT2D eigenvalue weighted by Gasteiger charge is -2.33. The molecule has 392 valence electrons. The van der Waals surface area contributed by atoms with Crippen LogP contribution < -0.4 is 53.6 Å². The molecule has 19 N–H and O–H groups in total. The molecule has 0 aliphatic carbocycles. The second-order valence-electron chi connectivity index (χ2n) is 16.9. The third-order valence-electron chi connectivity index (χ3n) is 11.1. The SMILES string of the molecule is CCCC[C@@H]1N[C@@H](O)[C@@H]2CSSC[C@H](N[C@H](O)[C@H](CC(=O)O)NC(=O)CN[C@@H]1O)[C@H](O)N[C@@H](Cc1ccccc1)C(=O)N[C@H]([C@H](O)NCCCCC[C@H](N)O)CSCC(=O)N[C@@H](CC(=O)O)C(=O)N2. The van der Waals surface area contributed by atoms with Gasteiger partial charge in [-0.1, -0.05) is 78.1 Å². The van der Waals surface area contributed by atoms with Crippen molar-refractivity contribution in [3.8, 4) is 0 Å². The van der Waals surface area contributed by atoms with Crippen LogP contribution in [0.15, 0.2) is 30.3 Å². The van der Waals surface area contributed by atoms with Crippen LogP contribution in [0.2, 0.25) is 0 Å². The van der Waals surface area contributed by atoms with Gasteiger partial charge in [0.15, 0.2) is 0 Å². The number of aliphatic carboxylic acids is 2. The van der Waals surface area contributed by atoms with Crippen LogP contribution >= 0.6 is 33.3 Å². The molecule has 2 aliphatic heterocycles. The van der Waals surface area contributed by atoms with E-state index >= 15 is 0 Å². The van der Waals surface area contributed by atoms with Crippen LogP contribution in [-0.2, 0) is 35.2 Å². The normalized spacial score (nSPS) is 30.0. The number of aliphatic hydroxyl groups excluding tert-OH is 6. The first-order valence-corrected chi connectivity index (χ1v) is 26.6. The highest BCUT2D eigenvalue weighted by atomic mass is 33.1. The minimum Gasteiger partial charge on any atom is -0.481 e. The number of benzene rings is 1.